The molecular weight excluding hydrogens is 320 g/mol. The molecule has 1 heterocycles. The topological polar surface area (TPSA) is 46.1 Å². The maximum Gasteiger partial charge on any atom is 0.285 e. The summed E-state index contributed by atoms with van der Waals surface area (Å²) in [4.78, 5) is 13.9. The van der Waals surface area contributed by atoms with Crippen LogP contribution >= 0.6 is 22.9 Å². The fraction of sp³-hybridized carbons (Fsp3) is 0.308. The van der Waals surface area contributed by atoms with E-state index in [1.165, 1.54) is 17.0 Å². The van der Waals surface area contributed by atoms with Gasteiger partial charge < -0.3 is 4.90 Å². The number of hydrogen-bond donors (Lipinski definition) is 0. The summed E-state index contributed by atoms with van der Waals surface area (Å²) >= 11 is 6.66. The lowest BCUT2D eigenvalue weighted by Crippen LogP contribution is -2.32. The van der Waals surface area contributed by atoms with Crippen molar-refractivity contribution in [1.29, 1.82) is 0 Å². The van der Waals surface area contributed by atoms with E-state index in [1.807, 2.05) is 0 Å². The molecule has 0 spiro atoms. The Morgan fingerprint density at radius 3 is 2.71 bits per heavy atom. The zero-order valence-electron chi connectivity index (χ0n) is 10.7. The maximum absolute atomic E-state index is 13.7. The largest absolute Gasteiger partial charge is 0.329 e. The molecular formula is C13H10ClF2N3OS. The molecule has 1 saturated carbocycles. The van der Waals surface area contributed by atoms with Gasteiger partial charge in [0.15, 0.2) is 0 Å². The summed E-state index contributed by atoms with van der Waals surface area (Å²) in [6, 6.07) is 3.40. The molecule has 110 valence electrons. The molecule has 0 unspecified atom stereocenters. The monoisotopic (exact) mass is 329 g/mol. The summed E-state index contributed by atoms with van der Waals surface area (Å²) in [5.74, 6) is -1.63. The van der Waals surface area contributed by atoms with Gasteiger partial charge in [-0.1, -0.05) is 17.4 Å². The maximum atomic E-state index is 13.7. The summed E-state index contributed by atoms with van der Waals surface area (Å²) in [5, 5.41) is 7.49. The van der Waals surface area contributed by atoms with Crippen LogP contribution in [-0.4, -0.2) is 27.0 Å². The smallest absolute Gasteiger partial charge is 0.285 e. The van der Waals surface area contributed by atoms with E-state index in [0.717, 1.165) is 30.2 Å². The first-order valence-electron chi connectivity index (χ1n) is 6.28. The van der Waals surface area contributed by atoms with Gasteiger partial charge in [-0.05, 0) is 30.5 Å². The molecule has 0 bridgehead atoms. The lowest BCUT2D eigenvalue weighted by atomic mass is 10.2. The van der Waals surface area contributed by atoms with Gasteiger partial charge in [-0.25, -0.2) is 8.78 Å². The van der Waals surface area contributed by atoms with Crippen LogP contribution in [0.25, 0.3) is 0 Å². The number of halogens is 3. The highest BCUT2D eigenvalue weighted by atomic mass is 35.5. The standard InChI is InChI=1S/C13H10ClF2N3OS/c14-13-18-17-11(21-13)12(20)19(9-3-4-9)6-7-1-2-8(15)5-10(7)16/h1-2,5,9H,3-4,6H2. The number of hydrogen-bond acceptors (Lipinski definition) is 4. The Hall–Kier alpha value is -1.60. The molecule has 1 aliphatic carbocycles. The zero-order valence-corrected chi connectivity index (χ0v) is 12.3. The molecule has 1 amide bonds. The molecule has 0 aliphatic heterocycles. The molecule has 0 radical (unpaired) electrons. The predicted octanol–water partition coefficient (Wildman–Crippen LogP) is 3.27. The van der Waals surface area contributed by atoms with Gasteiger partial charge in [0.05, 0.1) is 0 Å². The minimum atomic E-state index is -0.663. The van der Waals surface area contributed by atoms with Crippen molar-refractivity contribution in [3.63, 3.8) is 0 Å². The third kappa shape index (κ3) is 3.19. The molecule has 1 aromatic heterocycles. The van der Waals surface area contributed by atoms with Crippen molar-refractivity contribution in [3.8, 4) is 0 Å². The molecule has 21 heavy (non-hydrogen) atoms. The van der Waals surface area contributed by atoms with Crippen molar-refractivity contribution in [3.05, 3.63) is 44.9 Å². The van der Waals surface area contributed by atoms with E-state index < -0.39 is 11.6 Å². The van der Waals surface area contributed by atoms with Gasteiger partial charge >= 0.3 is 0 Å². The average molecular weight is 330 g/mol. The van der Waals surface area contributed by atoms with Gasteiger partial charge in [0.25, 0.3) is 5.91 Å². The Labute approximate surface area is 128 Å². The van der Waals surface area contributed by atoms with E-state index in [4.69, 9.17) is 11.6 Å². The van der Waals surface area contributed by atoms with Crippen LogP contribution in [0.4, 0.5) is 8.78 Å². The summed E-state index contributed by atoms with van der Waals surface area (Å²) in [5.41, 5.74) is 0.271. The molecule has 0 atom stereocenters. The highest BCUT2D eigenvalue weighted by Crippen LogP contribution is 2.31. The minimum Gasteiger partial charge on any atom is -0.329 e. The molecule has 1 fully saturated rings. The van der Waals surface area contributed by atoms with E-state index >= 15 is 0 Å². The first-order valence-corrected chi connectivity index (χ1v) is 7.48. The second-order valence-electron chi connectivity index (χ2n) is 4.76. The van der Waals surface area contributed by atoms with Crippen LogP contribution in [0.5, 0.6) is 0 Å². The molecule has 3 rings (SSSR count). The average Bonchev–Trinajstić information content (AvgIpc) is 3.18. The van der Waals surface area contributed by atoms with Crippen LogP contribution in [0.3, 0.4) is 0 Å². The highest BCUT2D eigenvalue weighted by Gasteiger charge is 2.35. The quantitative estimate of drug-likeness (QED) is 0.864. The van der Waals surface area contributed by atoms with Gasteiger partial charge in [-0.15, -0.1) is 10.2 Å². The molecule has 2 aromatic rings. The van der Waals surface area contributed by atoms with Crippen LogP contribution in [0.1, 0.15) is 28.2 Å². The number of benzene rings is 1. The van der Waals surface area contributed by atoms with Gasteiger partial charge in [-0.2, -0.15) is 0 Å². The van der Waals surface area contributed by atoms with Crippen molar-refractivity contribution in [2.75, 3.05) is 0 Å². The summed E-state index contributed by atoms with van der Waals surface area (Å²) < 4.78 is 26.9. The van der Waals surface area contributed by atoms with E-state index in [2.05, 4.69) is 10.2 Å². The molecule has 1 aliphatic rings. The van der Waals surface area contributed by atoms with Crippen LogP contribution in [-0.2, 0) is 6.54 Å². The fourth-order valence-corrected chi connectivity index (χ4v) is 2.79. The highest BCUT2D eigenvalue weighted by molar-refractivity contribution is 7.17. The zero-order chi connectivity index (χ0) is 15.0. The van der Waals surface area contributed by atoms with E-state index in [-0.39, 0.29) is 33.5 Å². The molecule has 0 N–H and O–H groups in total. The molecule has 8 heteroatoms. The van der Waals surface area contributed by atoms with Crippen LogP contribution in [0, 0.1) is 11.6 Å². The third-order valence-corrected chi connectivity index (χ3v) is 4.19. The van der Waals surface area contributed by atoms with Crippen molar-refractivity contribution in [2.24, 2.45) is 0 Å². The molecule has 4 nitrogen and oxygen atoms in total. The lowest BCUT2D eigenvalue weighted by molar-refractivity contribution is 0.0727. The Morgan fingerprint density at radius 2 is 2.14 bits per heavy atom. The molecule has 0 saturated heterocycles. The fourth-order valence-electron chi connectivity index (χ4n) is 2.00. The van der Waals surface area contributed by atoms with Crippen molar-refractivity contribution in [1.82, 2.24) is 15.1 Å². The van der Waals surface area contributed by atoms with Gasteiger partial charge in [0.1, 0.15) is 11.6 Å². The summed E-state index contributed by atoms with van der Waals surface area (Å²) in [6.45, 7) is 0.0762. The van der Waals surface area contributed by atoms with Crippen LogP contribution in [0.15, 0.2) is 18.2 Å². The van der Waals surface area contributed by atoms with E-state index in [9.17, 15) is 13.6 Å². The summed E-state index contributed by atoms with van der Waals surface area (Å²) in [7, 11) is 0. The normalized spacial score (nSPS) is 14.2. The summed E-state index contributed by atoms with van der Waals surface area (Å²) in [6.07, 6.45) is 1.72. The second-order valence-corrected chi connectivity index (χ2v) is 6.32. The van der Waals surface area contributed by atoms with E-state index in [0.29, 0.717) is 0 Å². The number of rotatable bonds is 4. The Balaban J connectivity index is 1.83. The lowest BCUT2D eigenvalue weighted by Gasteiger charge is -2.21. The predicted molar refractivity (Wildman–Crippen MR) is 74.2 cm³/mol. The van der Waals surface area contributed by atoms with E-state index in [1.54, 1.807) is 0 Å². The molecule has 1 aromatic carbocycles. The van der Waals surface area contributed by atoms with Gasteiger partial charge in [0.2, 0.25) is 9.47 Å². The number of nitrogens with zero attached hydrogens (tertiary/aromatic N) is 3. The number of aromatic nitrogens is 2. The first-order chi connectivity index (χ1) is 10.0. The number of carbonyl (C=O) groups excluding carboxylic acids is 1. The first kappa shape index (κ1) is 14.3. The Bertz CT molecular complexity index is 690. The second kappa shape index (κ2) is 5.65. The van der Waals surface area contributed by atoms with Gasteiger partial charge in [-0.3, -0.25) is 4.79 Å². The SMILES string of the molecule is O=C(c1nnc(Cl)s1)N(Cc1ccc(F)cc1F)C1CC1. The Kier molecular flexibility index (Phi) is 3.86. The number of carbonyl (C=O) groups is 1. The van der Waals surface area contributed by atoms with Crippen molar-refractivity contribution >= 4 is 28.8 Å². The minimum absolute atomic E-state index is 0.0598. The van der Waals surface area contributed by atoms with Gasteiger partial charge in [0, 0.05) is 24.2 Å². The van der Waals surface area contributed by atoms with Crippen LogP contribution < -0.4 is 0 Å². The Morgan fingerprint density at radius 1 is 1.38 bits per heavy atom. The van der Waals surface area contributed by atoms with Crippen molar-refractivity contribution < 1.29 is 13.6 Å². The van der Waals surface area contributed by atoms with Crippen LogP contribution in [0.2, 0.25) is 4.47 Å². The van der Waals surface area contributed by atoms with Crippen molar-refractivity contribution in [2.45, 2.75) is 25.4 Å². The number of amides is 1. The third-order valence-electron chi connectivity index (χ3n) is 3.19.